The van der Waals surface area contributed by atoms with E-state index >= 15 is 0 Å². The zero-order chi connectivity index (χ0) is 27.8. The third kappa shape index (κ3) is 7.65. The van der Waals surface area contributed by atoms with E-state index in [0.717, 1.165) is 0 Å². The maximum Gasteiger partial charge on any atom is 0.308 e. The molecule has 196 valence electrons. The van der Waals surface area contributed by atoms with E-state index in [1.54, 1.807) is 24.3 Å². The fourth-order valence-corrected chi connectivity index (χ4v) is 3.13. The molecular weight excluding hydrogens is 498 g/mol. The van der Waals surface area contributed by atoms with Gasteiger partial charge in [0.25, 0.3) is 5.91 Å². The van der Waals surface area contributed by atoms with Crippen molar-refractivity contribution in [1.82, 2.24) is 0 Å². The van der Waals surface area contributed by atoms with Crippen molar-refractivity contribution in [2.45, 2.75) is 27.7 Å². The average molecular weight is 521 g/mol. The van der Waals surface area contributed by atoms with Gasteiger partial charge in [0.1, 0.15) is 5.75 Å². The van der Waals surface area contributed by atoms with E-state index in [2.05, 4.69) is 5.32 Å². The molecule has 0 aliphatic carbocycles. The first kappa shape index (κ1) is 27.4. The number of nitrogens with one attached hydrogen (secondary N) is 1. The number of esters is 4. The molecule has 11 nitrogen and oxygen atoms in total. The fourth-order valence-electron chi connectivity index (χ4n) is 3.13. The van der Waals surface area contributed by atoms with E-state index in [4.69, 9.17) is 23.7 Å². The highest BCUT2D eigenvalue weighted by Gasteiger charge is 2.17. The van der Waals surface area contributed by atoms with Crippen LogP contribution < -0.4 is 29.0 Å². The number of benzene rings is 3. The summed E-state index contributed by atoms with van der Waals surface area (Å²) >= 11 is 0. The molecule has 0 radical (unpaired) electrons. The standard InChI is InChI=1S/C27H23NO10/c1-15(29)34-23-11-9-19(13-25(23)36-17(3)31)27(33)28-21-7-5-6-8-22(21)38-20-10-12-24(35-16(2)30)26(14-20)37-18(4)32/h5-14H,1-4H3,(H,28,33). The van der Waals surface area contributed by atoms with Crippen LogP contribution in [0.4, 0.5) is 5.69 Å². The molecular formula is C27H23NO10. The molecule has 1 amide bonds. The molecule has 3 rings (SSSR count). The molecule has 0 saturated heterocycles. The summed E-state index contributed by atoms with van der Waals surface area (Å²) in [6, 6.07) is 14.8. The summed E-state index contributed by atoms with van der Waals surface area (Å²) in [5, 5.41) is 2.71. The van der Waals surface area contributed by atoms with Crippen molar-refractivity contribution in [1.29, 1.82) is 0 Å². The zero-order valence-corrected chi connectivity index (χ0v) is 20.9. The van der Waals surface area contributed by atoms with Gasteiger partial charge in [-0.2, -0.15) is 0 Å². The van der Waals surface area contributed by atoms with Gasteiger partial charge in [-0.3, -0.25) is 24.0 Å². The second kappa shape index (κ2) is 12.2. The van der Waals surface area contributed by atoms with E-state index in [0.29, 0.717) is 0 Å². The number of anilines is 1. The Balaban J connectivity index is 1.86. The van der Waals surface area contributed by atoms with E-state index in [9.17, 15) is 24.0 Å². The van der Waals surface area contributed by atoms with Crippen molar-refractivity contribution in [3.63, 3.8) is 0 Å². The number of rotatable bonds is 8. The Morgan fingerprint density at radius 3 is 1.63 bits per heavy atom. The lowest BCUT2D eigenvalue weighted by molar-refractivity contribution is -0.134. The summed E-state index contributed by atoms with van der Waals surface area (Å²) in [7, 11) is 0. The number of para-hydroxylation sites is 2. The van der Waals surface area contributed by atoms with Gasteiger partial charge in [-0.25, -0.2) is 0 Å². The Hall–Kier alpha value is -5.19. The summed E-state index contributed by atoms with van der Waals surface area (Å²) in [6.45, 7) is 4.76. The first-order chi connectivity index (χ1) is 18.0. The molecule has 0 unspecified atom stereocenters. The SMILES string of the molecule is CC(=O)Oc1ccc(Oc2ccccc2NC(=O)c2ccc(OC(C)=O)c(OC(C)=O)c2)cc1OC(C)=O. The maximum absolute atomic E-state index is 13.0. The minimum absolute atomic E-state index is 0.0197. The van der Waals surface area contributed by atoms with Crippen molar-refractivity contribution in [3.8, 4) is 34.5 Å². The molecule has 0 aromatic heterocycles. The average Bonchev–Trinajstić information content (AvgIpc) is 2.82. The molecule has 3 aromatic rings. The maximum atomic E-state index is 13.0. The summed E-state index contributed by atoms with van der Waals surface area (Å²) in [6.07, 6.45) is 0. The Morgan fingerprint density at radius 1 is 0.553 bits per heavy atom. The van der Waals surface area contributed by atoms with Crippen molar-refractivity contribution < 1.29 is 47.7 Å². The van der Waals surface area contributed by atoms with Gasteiger partial charge in [0.05, 0.1) is 5.69 Å². The molecule has 0 aliphatic heterocycles. The summed E-state index contributed by atoms with van der Waals surface area (Å²) < 4.78 is 26.2. The molecule has 11 heteroatoms. The first-order valence-corrected chi connectivity index (χ1v) is 11.1. The second-order valence-corrected chi connectivity index (χ2v) is 7.70. The van der Waals surface area contributed by atoms with Crippen LogP contribution in [0.2, 0.25) is 0 Å². The van der Waals surface area contributed by atoms with Crippen molar-refractivity contribution in [2.24, 2.45) is 0 Å². The third-order valence-electron chi connectivity index (χ3n) is 4.50. The third-order valence-corrected chi connectivity index (χ3v) is 4.50. The Kier molecular flexibility index (Phi) is 8.78. The lowest BCUT2D eigenvalue weighted by Crippen LogP contribution is -2.14. The van der Waals surface area contributed by atoms with E-state index < -0.39 is 29.8 Å². The summed E-state index contributed by atoms with van der Waals surface area (Å²) in [5.74, 6) is -2.75. The van der Waals surface area contributed by atoms with Crippen LogP contribution in [0, 0.1) is 0 Å². The number of carbonyl (C=O) groups is 5. The van der Waals surface area contributed by atoms with Gasteiger partial charge in [-0.1, -0.05) is 12.1 Å². The van der Waals surface area contributed by atoms with Crippen molar-refractivity contribution in [3.05, 3.63) is 66.2 Å². The lowest BCUT2D eigenvalue weighted by Gasteiger charge is -2.15. The van der Waals surface area contributed by atoms with Crippen LogP contribution in [0.25, 0.3) is 0 Å². The highest BCUT2D eigenvalue weighted by Crippen LogP contribution is 2.36. The zero-order valence-electron chi connectivity index (χ0n) is 20.9. The lowest BCUT2D eigenvalue weighted by atomic mass is 10.1. The van der Waals surface area contributed by atoms with Crippen molar-refractivity contribution >= 4 is 35.5 Å². The van der Waals surface area contributed by atoms with Crippen LogP contribution in [0.3, 0.4) is 0 Å². The topological polar surface area (TPSA) is 144 Å². The smallest absolute Gasteiger partial charge is 0.308 e. The molecule has 0 saturated carbocycles. The monoisotopic (exact) mass is 521 g/mol. The molecule has 0 heterocycles. The first-order valence-electron chi connectivity index (χ1n) is 11.1. The molecule has 0 spiro atoms. The minimum Gasteiger partial charge on any atom is -0.455 e. The van der Waals surface area contributed by atoms with Gasteiger partial charge < -0.3 is 29.0 Å². The van der Waals surface area contributed by atoms with Gasteiger partial charge in [-0.15, -0.1) is 0 Å². The molecule has 0 bridgehead atoms. The highest BCUT2D eigenvalue weighted by atomic mass is 16.6. The summed E-state index contributed by atoms with van der Waals surface area (Å²) in [4.78, 5) is 58.6. The minimum atomic E-state index is -0.664. The predicted octanol–water partition coefficient (Wildman–Crippen LogP) is 4.43. The van der Waals surface area contributed by atoms with Gasteiger partial charge in [-0.05, 0) is 42.5 Å². The van der Waals surface area contributed by atoms with E-state index in [-0.39, 0.29) is 45.7 Å². The molecule has 0 aliphatic rings. The molecule has 0 atom stereocenters. The second-order valence-electron chi connectivity index (χ2n) is 7.70. The van der Waals surface area contributed by atoms with Crippen LogP contribution in [0.5, 0.6) is 34.5 Å². The number of hydrogen-bond acceptors (Lipinski definition) is 10. The van der Waals surface area contributed by atoms with Crippen LogP contribution in [-0.4, -0.2) is 29.8 Å². The Bertz CT molecular complexity index is 1410. The van der Waals surface area contributed by atoms with Crippen LogP contribution in [0.1, 0.15) is 38.1 Å². The van der Waals surface area contributed by atoms with Crippen molar-refractivity contribution in [2.75, 3.05) is 5.32 Å². The van der Waals surface area contributed by atoms with E-state index in [1.165, 1.54) is 64.1 Å². The van der Waals surface area contributed by atoms with E-state index in [1.807, 2.05) is 0 Å². The highest BCUT2D eigenvalue weighted by molar-refractivity contribution is 6.05. The van der Waals surface area contributed by atoms with Gasteiger partial charge in [0.15, 0.2) is 28.7 Å². The van der Waals surface area contributed by atoms with Gasteiger partial charge in [0.2, 0.25) is 0 Å². The normalized spacial score (nSPS) is 10.1. The number of amides is 1. The van der Waals surface area contributed by atoms with Crippen LogP contribution >= 0.6 is 0 Å². The molecule has 1 N–H and O–H groups in total. The molecule has 3 aromatic carbocycles. The number of hydrogen-bond donors (Lipinski definition) is 1. The number of carbonyl (C=O) groups excluding carboxylic acids is 5. The largest absolute Gasteiger partial charge is 0.455 e. The molecule has 0 fully saturated rings. The quantitative estimate of drug-likeness (QED) is 0.334. The van der Waals surface area contributed by atoms with Crippen LogP contribution in [0.15, 0.2) is 60.7 Å². The Labute approximate surface area is 217 Å². The molecule has 38 heavy (non-hydrogen) atoms. The van der Waals surface area contributed by atoms with Crippen LogP contribution in [-0.2, 0) is 19.2 Å². The summed E-state index contributed by atoms with van der Waals surface area (Å²) in [5.41, 5.74) is 0.392. The van der Waals surface area contributed by atoms with Gasteiger partial charge >= 0.3 is 23.9 Å². The van der Waals surface area contributed by atoms with Gasteiger partial charge in [0, 0.05) is 39.3 Å². The Morgan fingerprint density at radius 2 is 1.05 bits per heavy atom. The predicted molar refractivity (Wildman–Crippen MR) is 133 cm³/mol. The number of ether oxygens (including phenoxy) is 5. The fraction of sp³-hybridized carbons (Fsp3) is 0.148.